The van der Waals surface area contributed by atoms with Gasteiger partial charge in [0.25, 0.3) is 5.91 Å². The Hall–Kier alpha value is -3.84. The second-order valence-corrected chi connectivity index (χ2v) is 10.2. The van der Waals surface area contributed by atoms with Crippen LogP contribution < -0.4 is 20.1 Å². The molecule has 1 aliphatic rings. The van der Waals surface area contributed by atoms with E-state index in [0.717, 1.165) is 0 Å². The predicted molar refractivity (Wildman–Crippen MR) is 133 cm³/mol. The van der Waals surface area contributed by atoms with Crippen molar-refractivity contribution in [2.75, 3.05) is 13.1 Å². The summed E-state index contributed by atoms with van der Waals surface area (Å²) in [5.74, 6) is -0.898. The van der Waals surface area contributed by atoms with E-state index >= 15 is 0 Å². The number of pyridine rings is 1. The number of guanidine groups is 1. The van der Waals surface area contributed by atoms with Crippen molar-refractivity contribution < 1.29 is 18.4 Å². The van der Waals surface area contributed by atoms with Crippen molar-refractivity contribution in [3.63, 3.8) is 0 Å². The van der Waals surface area contributed by atoms with E-state index in [1.165, 1.54) is 6.20 Å². The van der Waals surface area contributed by atoms with Crippen LogP contribution in [-0.2, 0) is 4.57 Å². The number of piperidine rings is 1. The first-order valence-electron chi connectivity index (χ1n) is 11.3. The number of amides is 1. The monoisotopic (exact) mass is 493 g/mol. The first kappa shape index (κ1) is 24.3. The Kier molecular flexibility index (Phi) is 7.67. The van der Waals surface area contributed by atoms with Crippen molar-refractivity contribution in [3.05, 3.63) is 90.8 Å². The van der Waals surface area contributed by atoms with E-state index in [2.05, 4.69) is 10.3 Å². The average molecular weight is 494 g/mol. The maximum absolute atomic E-state index is 14.6. The third kappa shape index (κ3) is 6.19. The minimum Gasteiger partial charge on any atom is -0.415 e. The standard InChI is InChI=1S/C25H28N5O4P/c26-25(27)30-16-13-19(14-17-30)24(29-23(31)20-8-7-15-28-18-20)35(32,33-21-9-3-1-4-10-21)34-22-11-5-2-6-12-22/h1-12,15,18-19,24H,13-14,16-17H2,(H3,26,27)(H,29,31). The van der Waals surface area contributed by atoms with E-state index in [9.17, 15) is 9.36 Å². The summed E-state index contributed by atoms with van der Waals surface area (Å²) in [6.45, 7) is 0.992. The summed E-state index contributed by atoms with van der Waals surface area (Å²) in [5, 5.41) is 10.7. The maximum atomic E-state index is 14.6. The van der Waals surface area contributed by atoms with Gasteiger partial charge in [-0.3, -0.25) is 15.2 Å². The minimum absolute atomic E-state index is 0.0105. The molecule has 0 aliphatic carbocycles. The van der Waals surface area contributed by atoms with Gasteiger partial charge in [0, 0.05) is 25.5 Å². The smallest absolute Gasteiger partial charge is 0.415 e. The van der Waals surface area contributed by atoms with Crippen LogP contribution in [0.4, 0.5) is 0 Å². The fourth-order valence-corrected chi connectivity index (χ4v) is 6.20. The molecule has 0 spiro atoms. The lowest BCUT2D eigenvalue weighted by molar-refractivity contribution is 0.0922. The molecule has 2 aromatic carbocycles. The summed E-state index contributed by atoms with van der Waals surface area (Å²) in [6, 6.07) is 20.8. The van der Waals surface area contributed by atoms with Crippen LogP contribution in [0.15, 0.2) is 85.2 Å². The molecule has 1 saturated heterocycles. The van der Waals surface area contributed by atoms with Gasteiger partial charge in [0.05, 0.1) is 5.56 Å². The minimum atomic E-state index is -4.02. The molecule has 4 N–H and O–H groups in total. The molecule has 0 saturated carbocycles. The highest BCUT2D eigenvalue weighted by atomic mass is 31.2. The van der Waals surface area contributed by atoms with Crippen LogP contribution in [-0.4, -0.2) is 40.6 Å². The predicted octanol–water partition coefficient (Wildman–Crippen LogP) is 4.09. The number of para-hydroxylation sites is 2. The number of nitrogens with two attached hydrogens (primary N) is 1. The highest BCUT2D eigenvalue weighted by molar-refractivity contribution is 7.55. The van der Waals surface area contributed by atoms with Crippen molar-refractivity contribution >= 4 is 19.5 Å². The van der Waals surface area contributed by atoms with E-state index in [4.69, 9.17) is 20.2 Å². The lowest BCUT2D eigenvalue weighted by Crippen LogP contribution is -2.49. The number of nitrogens with zero attached hydrogens (tertiary/aromatic N) is 2. The van der Waals surface area contributed by atoms with Crippen LogP contribution in [0.3, 0.4) is 0 Å². The Balaban J connectivity index is 1.70. The van der Waals surface area contributed by atoms with Gasteiger partial charge in [-0.2, -0.15) is 0 Å². The largest absolute Gasteiger partial charge is 0.453 e. The summed E-state index contributed by atoms with van der Waals surface area (Å²) in [6.07, 6.45) is 4.11. The highest BCUT2D eigenvalue weighted by Crippen LogP contribution is 2.55. The van der Waals surface area contributed by atoms with E-state index in [0.29, 0.717) is 43.0 Å². The highest BCUT2D eigenvalue weighted by Gasteiger charge is 2.46. The van der Waals surface area contributed by atoms with Gasteiger partial charge in [-0.15, -0.1) is 0 Å². The lowest BCUT2D eigenvalue weighted by atomic mass is 9.96. The molecule has 182 valence electrons. The van der Waals surface area contributed by atoms with E-state index in [1.807, 2.05) is 12.1 Å². The van der Waals surface area contributed by atoms with Crippen LogP contribution >= 0.6 is 7.60 Å². The zero-order valence-electron chi connectivity index (χ0n) is 19.1. The number of likely N-dealkylation sites (tertiary alicyclic amines) is 1. The van der Waals surface area contributed by atoms with Gasteiger partial charge >= 0.3 is 7.60 Å². The third-order valence-electron chi connectivity index (χ3n) is 5.82. The summed E-state index contributed by atoms with van der Waals surface area (Å²) in [5.41, 5.74) is 6.00. The topological polar surface area (TPSA) is 131 Å². The molecule has 1 fully saturated rings. The molecule has 35 heavy (non-hydrogen) atoms. The molecule has 1 atom stereocenters. The Morgan fingerprint density at radius 3 is 2.06 bits per heavy atom. The van der Waals surface area contributed by atoms with Crippen molar-refractivity contribution in [2.24, 2.45) is 11.7 Å². The molecule has 0 radical (unpaired) electrons. The molecule has 3 aromatic rings. The van der Waals surface area contributed by atoms with Crippen LogP contribution in [0.1, 0.15) is 23.2 Å². The van der Waals surface area contributed by atoms with Crippen LogP contribution in [0.2, 0.25) is 0 Å². The molecule has 10 heteroatoms. The second-order valence-electron chi connectivity index (χ2n) is 8.22. The molecule has 1 aromatic heterocycles. The molecule has 0 bridgehead atoms. The zero-order chi connectivity index (χ0) is 24.7. The summed E-state index contributed by atoms with van der Waals surface area (Å²) >= 11 is 0. The number of aromatic nitrogens is 1. The number of hydrogen-bond donors (Lipinski definition) is 3. The van der Waals surface area contributed by atoms with Gasteiger partial charge in [0.15, 0.2) is 11.7 Å². The zero-order valence-corrected chi connectivity index (χ0v) is 20.0. The number of benzene rings is 2. The van der Waals surface area contributed by atoms with Crippen molar-refractivity contribution in [1.29, 1.82) is 5.41 Å². The fraction of sp³-hybridized carbons (Fsp3) is 0.240. The number of carbonyl (C=O) groups excluding carboxylic acids is 1. The summed E-state index contributed by atoms with van der Waals surface area (Å²) in [7, 11) is -4.02. The van der Waals surface area contributed by atoms with Gasteiger partial charge in [-0.05, 0) is 55.2 Å². The first-order valence-corrected chi connectivity index (χ1v) is 12.9. The number of nitrogens with one attached hydrogen (secondary N) is 2. The molecule has 1 amide bonds. The Labute approximate surface area is 204 Å². The molecule has 1 unspecified atom stereocenters. The Morgan fingerprint density at radius 1 is 1.00 bits per heavy atom. The molecule has 1 aliphatic heterocycles. The molecule has 2 heterocycles. The van der Waals surface area contributed by atoms with Gasteiger partial charge in [0.2, 0.25) is 0 Å². The number of rotatable bonds is 8. The average Bonchev–Trinajstić information content (AvgIpc) is 2.89. The summed E-state index contributed by atoms with van der Waals surface area (Å²) < 4.78 is 26.7. The Bertz CT molecular complexity index is 1130. The van der Waals surface area contributed by atoms with E-state index in [-0.39, 0.29) is 11.9 Å². The van der Waals surface area contributed by atoms with Gasteiger partial charge in [-0.1, -0.05) is 36.4 Å². The third-order valence-corrected chi connectivity index (χ3v) is 7.98. The van der Waals surface area contributed by atoms with Gasteiger partial charge < -0.3 is 25.0 Å². The molecular weight excluding hydrogens is 465 g/mol. The maximum Gasteiger partial charge on any atom is 0.453 e. The molecule has 9 nitrogen and oxygen atoms in total. The van der Waals surface area contributed by atoms with Crippen molar-refractivity contribution in [3.8, 4) is 11.5 Å². The lowest BCUT2D eigenvalue weighted by Gasteiger charge is -2.38. The number of hydrogen-bond acceptors (Lipinski definition) is 6. The van der Waals surface area contributed by atoms with Crippen LogP contribution in [0.25, 0.3) is 0 Å². The van der Waals surface area contributed by atoms with Gasteiger partial charge in [0.1, 0.15) is 11.5 Å². The quantitative estimate of drug-likeness (QED) is 0.245. The van der Waals surface area contributed by atoms with Crippen molar-refractivity contribution in [2.45, 2.75) is 18.6 Å². The SMILES string of the molecule is N=C(N)N1CCC(C(NC(=O)c2cccnc2)P(=O)(Oc2ccccc2)Oc2ccccc2)CC1. The molecular formula is C25H28N5O4P. The first-order chi connectivity index (χ1) is 16.9. The molecule has 4 rings (SSSR count). The number of carbonyl (C=O) groups is 1. The van der Waals surface area contributed by atoms with Crippen LogP contribution in [0, 0.1) is 11.3 Å². The second kappa shape index (κ2) is 11.1. The van der Waals surface area contributed by atoms with Crippen LogP contribution in [0.5, 0.6) is 11.5 Å². The Morgan fingerprint density at radius 2 is 1.57 bits per heavy atom. The van der Waals surface area contributed by atoms with Gasteiger partial charge in [-0.25, -0.2) is 4.57 Å². The van der Waals surface area contributed by atoms with E-state index in [1.54, 1.807) is 71.8 Å². The normalized spacial score (nSPS) is 15.1. The summed E-state index contributed by atoms with van der Waals surface area (Å²) in [4.78, 5) is 18.9. The van der Waals surface area contributed by atoms with E-state index < -0.39 is 19.3 Å². The fourth-order valence-electron chi connectivity index (χ4n) is 4.01. The van der Waals surface area contributed by atoms with Crippen molar-refractivity contribution in [1.82, 2.24) is 15.2 Å².